The number of nitrogens with zero attached hydrogens (tertiary/aromatic N) is 1. The molecule has 0 saturated heterocycles. The van der Waals surface area contributed by atoms with Crippen LogP contribution in [-0.4, -0.2) is 19.9 Å². The van der Waals surface area contributed by atoms with Gasteiger partial charge in [-0.15, -0.1) is 0 Å². The Bertz CT molecular complexity index is 639. The lowest BCUT2D eigenvalue weighted by atomic mass is 10.4. The molecule has 2 N–H and O–H groups in total. The number of pyridine rings is 1. The predicted molar refractivity (Wildman–Crippen MR) is 81.4 cm³/mol. The molecule has 2 aromatic heterocycles. The van der Waals surface area contributed by atoms with E-state index in [4.69, 9.17) is 0 Å². The van der Waals surface area contributed by atoms with Gasteiger partial charge in [0.15, 0.2) is 0 Å². The van der Waals surface area contributed by atoms with E-state index in [2.05, 4.69) is 15.0 Å². The lowest BCUT2D eigenvalue weighted by Crippen LogP contribution is -2.24. The van der Waals surface area contributed by atoms with Crippen LogP contribution in [0, 0.1) is 0 Å². The molecule has 0 atom stereocenters. The fraction of sp³-hybridized carbons (Fsp3) is 0.308. The Labute approximate surface area is 123 Å². The van der Waals surface area contributed by atoms with Crippen molar-refractivity contribution < 1.29 is 8.42 Å². The molecule has 0 bridgehead atoms. The Morgan fingerprint density at radius 2 is 2.20 bits per heavy atom. The first-order chi connectivity index (χ1) is 9.63. The number of hydrogen-bond donors (Lipinski definition) is 2. The van der Waals surface area contributed by atoms with Crippen LogP contribution in [0.2, 0.25) is 0 Å². The van der Waals surface area contributed by atoms with E-state index in [-0.39, 0.29) is 11.4 Å². The van der Waals surface area contributed by atoms with Gasteiger partial charge in [0.05, 0.1) is 0 Å². The maximum Gasteiger partial charge on any atom is 0.244 e. The van der Waals surface area contributed by atoms with Gasteiger partial charge >= 0.3 is 0 Å². The fourth-order valence-corrected chi connectivity index (χ4v) is 3.45. The highest BCUT2D eigenvalue weighted by Crippen LogP contribution is 2.18. The fourth-order valence-electron chi connectivity index (χ4n) is 1.63. The molecule has 2 aromatic rings. The zero-order chi connectivity index (χ0) is 14.4. The molecule has 20 heavy (non-hydrogen) atoms. The Kier molecular flexibility index (Phi) is 5.11. The van der Waals surface area contributed by atoms with E-state index >= 15 is 0 Å². The van der Waals surface area contributed by atoms with Crippen LogP contribution in [0.15, 0.2) is 40.1 Å². The highest BCUT2D eigenvalue weighted by molar-refractivity contribution is 7.89. The molecular formula is C13H17N3O2S2. The van der Waals surface area contributed by atoms with Crippen LogP contribution in [0.1, 0.15) is 18.9 Å². The van der Waals surface area contributed by atoms with Gasteiger partial charge in [0, 0.05) is 19.3 Å². The van der Waals surface area contributed by atoms with Crippen LogP contribution < -0.4 is 10.0 Å². The summed E-state index contributed by atoms with van der Waals surface area (Å²) in [7, 11) is -3.57. The van der Waals surface area contributed by atoms with E-state index in [9.17, 15) is 8.42 Å². The van der Waals surface area contributed by atoms with E-state index in [0.29, 0.717) is 12.4 Å². The molecule has 0 aromatic carbocycles. The van der Waals surface area contributed by atoms with Crippen LogP contribution >= 0.6 is 11.3 Å². The smallest absolute Gasteiger partial charge is 0.244 e. The van der Waals surface area contributed by atoms with Gasteiger partial charge in [0.25, 0.3) is 0 Å². The second-order valence-corrected chi connectivity index (χ2v) is 6.75. The summed E-state index contributed by atoms with van der Waals surface area (Å²) >= 11 is 1.54. The molecule has 0 amide bonds. The molecule has 0 radical (unpaired) electrons. The quantitative estimate of drug-likeness (QED) is 0.824. The number of hydrogen-bond acceptors (Lipinski definition) is 5. The summed E-state index contributed by atoms with van der Waals surface area (Å²) in [6, 6.07) is 5.07. The van der Waals surface area contributed by atoms with Gasteiger partial charge in [0.1, 0.15) is 10.7 Å². The Morgan fingerprint density at radius 3 is 2.90 bits per heavy atom. The summed E-state index contributed by atoms with van der Waals surface area (Å²) in [5, 5.41) is 6.87. The first-order valence-electron chi connectivity index (χ1n) is 6.33. The number of thiophene rings is 1. The minimum Gasteiger partial charge on any atom is -0.369 e. The van der Waals surface area contributed by atoms with Crippen molar-refractivity contribution in [3.8, 4) is 0 Å². The molecule has 0 aliphatic carbocycles. The number of aromatic nitrogens is 1. The average molecular weight is 311 g/mol. The molecule has 0 aliphatic rings. The van der Waals surface area contributed by atoms with Crippen LogP contribution in [-0.2, 0) is 16.6 Å². The zero-order valence-electron chi connectivity index (χ0n) is 11.2. The lowest BCUT2D eigenvalue weighted by molar-refractivity contribution is 0.581. The van der Waals surface area contributed by atoms with E-state index in [0.717, 1.165) is 12.0 Å². The topological polar surface area (TPSA) is 71.1 Å². The van der Waals surface area contributed by atoms with Crippen molar-refractivity contribution in [3.05, 3.63) is 40.7 Å². The molecule has 7 heteroatoms. The molecule has 0 unspecified atom stereocenters. The van der Waals surface area contributed by atoms with Crippen LogP contribution in [0.5, 0.6) is 0 Å². The molecule has 0 spiro atoms. The molecule has 5 nitrogen and oxygen atoms in total. The van der Waals surface area contributed by atoms with E-state index in [1.165, 1.54) is 0 Å². The standard InChI is InChI=1S/C13H17N3O2S2/c1-2-6-14-13-12(4-3-7-15-13)20(17,18)16-9-11-5-8-19-10-11/h3-5,7-8,10,16H,2,6,9H2,1H3,(H,14,15). The first-order valence-corrected chi connectivity index (χ1v) is 8.75. The van der Waals surface area contributed by atoms with Crippen molar-refractivity contribution in [1.82, 2.24) is 9.71 Å². The molecular weight excluding hydrogens is 294 g/mol. The monoisotopic (exact) mass is 311 g/mol. The predicted octanol–water partition coefficient (Wildman–Crippen LogP) is 2.44. The maximum atomic E-state index is 12.3. The summed E-state index contributed by atoms with van der Waals surface area (Å²) in [4.78, 5) is 4.28. The Balaban J connectivity index is 2.16. The van der Waals surface area contributed by atoms with E-state index in [1.54, 1.807) is 29.7 Å². The van der Waals surface area contributed by atoms with Crippen molar-refractivity contribution in [2.45, 2.75) is 24.8 Å². The number of sulfonamides is 1. The summed E-state index contributed by atoms with van der Waals surface area (Å²) in [6.45, 7) is 2.98. The molecule has 2 rings (SSSR count). The Hall–Kier alpha value is -1.44. The van der Waals surface area contributed by atoms with Gasteiger partial charge in [-0.05, 0) is 40.9 Å². The minimum atomic E-state index is -3.57. The normalized spacial score (nSPS) is 11.4. The molecule has 0 aliphatic heterocycles. The third-order valence-electron chi connectivity index (χ3n) is 2.65. The Morgan fingerprint density at radius 1 is 1.35 bits per heavy atom. The van der Waals surface area contributed by atoms with Crippen LogP contribution in [0.25, 0.3) is 0 Å². The van der Waals surface area contributed by atoms with Gasteiger partial charge in [-0.1, -0.05) is 6.92 Å². The van der Waals surface area contributed by atoms with Crippen molar-refractivity contribution in [2.24, 2.45) is 0 Å². The van der Waals surface area contributed by atoms with Gasteiger partial charge in [0.2, 0.25) is 10.0 Å². The number of rotatable bonds is 7. The summed E-state index contributed by atoms with van der Waals surface area (Å²) < 4.78 is 27.2. The summed E-state index contributed by atoms with van der Waals surface area (Å²) in [5.41, 5.74) is 0.950. The number of nitrogens with one attached hydrogen (secondary N) is 2. The highest BCUT2D eigenvalue weighted by atomic mass is 32.2. The second kappa shape index (κ2) is 6.83. The van der Waals surface area contributed by atoms with Crippen LogP contribution in [0.4, 0.5) is 5.82 Å². The third kappa shape index (κ3) is 3.78. The van der Waals surface area contributed by atoms with Crippen molar-refractivity contribution >= 4 is 27.2 Å². The SMILES string of the molecule is CCCNc1ncccc1S(=O)(=O)NCc1ccsc1. The van der Waals surface area contributed by atoms with Gasteiger partial charge < -0.3 is 5.32 Å². The second-order valence-electron chi connectivity index (χ2n) is 4.23. The zero-order valence-corrected chi connectivity index (χ0v) is 12.8. The third-order valence-corrected chi connectivity index (χ3v) is 4.81. The van der Waals surface area contributed by atoms with E-state index in [1.807, 2.05) is 23.8 Å². The molecule has 2 heterocycles. The lowest BCUT2D eigenvalue weighted by Gasteiger charge is -2.11. The van der Waals surface area contributed by atoms with E-state index < -0.39 is 10.0 Å². The van der Waals surface area contributed by atoms with Crippen molar-refractivity contribution in [1.29, 1.82) is 0 Å². The molecule has 0 saturated carbocycles. The van der Waals surface area contributed by atoms with Gasteiger partial charge in [-0.25, -0.2) is 18.1 Å². The summed E-state index contributed by atoms with van der Waals surface area (Å²) in [5.74, 6) is 0.396. The highest BCUT2D eigenvalue weighted by Gasteiger charge is 2.18. The van der Waals surface area contributed by atoms with Crippen LogP contribution in [0.3, 0.4) is 0 Å². The van der Waals surface area contributed by atoms with Gasteiger partial charge in [-0.3, -0.25) is 0 Å². The average Bonchev–Trinajstić information content (AvgIpc) is 2.97. The molecule has 0 fully saturated rings. The van der Waals surface area contributed by atoms with Gasteiger partial charge in [-0.2, -0.15) is 11.3 Å². The van der Waals surface area contributed by atoms with Crippen molar-refractivity contribution in [2.75, 3.05) is 11.9 Å². The largest absolute Gasteiger partial charge is 0.369 e. The van der Waals surface area contributed by atoms with Crippen molar-refractivity contribution in [3.63, 3.8) is 0 Å². The minimum absolute atomic E-state index is 0.184. The summed E-state index contributed by atoms with van der Waals surface area (Å²) in [6.07, 6.45) is 2.48. The molecule has 108 valence electrons. The number of anilines is 1. The first kappa shape index (κ1) is 15.0. The maximum absolute atomic E-state index is 12.3.